The third kappa shape index (κ3) is 7.36. The van der Waals surface area contributed by atoms with E-state index in [1.807, 2.05) is 20.8 Å². The van der Waals surface area contributed by atoms with Gasteiger partial charge in [0.25, 0.3) is 10.0 Å². The summed E-state index contributed by atoms with van der Waals surface area (Å²) in [5.41, 5.74) is 3.00. The Morgan fingerprint density at radius 3 is 2.00 bits per heavy atom. The maximum atomic E-state index is 13.8. The molecule has 0 fully saturated rings. The number of benzene rings is 3. The van der Waals surface area contributed by atoms with E-state index in [2.05, 4.69) is 5.32 Å². The second-order valence-electron chi connectivity index (χ2n) is 9.28. The monoisotopic (exact) mass is 555 g/mol. The van der Waals surface area contributed by atoms with E-state index in [1.165, 1.54) is 17.0 Å². The first-order valence-corrected chi connectivity index (χ1v) is 14.3. The number of carbonyl (C=O) groups is 2. The van der Waals surface area contributed by atoms with Gasteiger partial charge in [0.1, 0.15) is 12.6 Å². The molecule has 1 atom stereocenters. The van der Waals surface area contributed by atoms with Gasteiger partial charge in [-0.05, 0) is 69.2 Å². The van der Waals surface area contributed by atoms with Crippen LogP contribution in [0.2, 0.25) is 5.02 Å². The molecule has 3 aromatic carbocycles. The van der Waals surface area contributed by atoms with E-state index in [4.69, 9.17) is 11.6 Å². The van der Waals surface area contributed by atoms with Gasteiger partial charge >= 0.3 is 0 Å². The standard InChI is InChI=1S/C29H34ClN3O4S/c1-5-18-31-29(35)23(4)32(19-24-10-12-25(30)13-11-24)28(34)20-33(26-14-6-21(2)7-15-26)38(36,37)27-16-8-22(3)9-17-27/h6-17,23H,5,18-20H2,1-4H3,(H,31,35)/t23-/m1/s1. The first-order valence-electron chi connectivity index (χ1n) is 12.5. The number of amides is 2. The Kier molecular flexibility index (Phi) is 9.94. The Morgan fingerprint density at radius 2 is 1.45 bits per heavy atom. The first kappa shape index (κ1) is 29.2. The maximum absolute atomic E-state index is 13.8. The van der Waals surface area contributed by atoms with Crippen molar-refractivity contribution < 1.29 is 18.0 Å². The molecule has 0 unspecified atom stereocenters. The van der Waals surface area contributed by atoms with E-state index in [0.29, 0.717) is 17.3 Å². The largest absolute Gasteiger partial charge is 0.354 e. The van der Waals surface area contributed by atoms with Crippen molar-refractivity contribution in [1.29, 1.82) is 0 Å². The second-order valence-corrected chi connectivity index (χ2v) is 11.6. The molecule has 3 rings (SSSR count). The molecule has 0 heterocycles. The molecule has 7 nitrogen and oxygen atoms in total. The van der Waals surface area contributed by atoms with E-state index >= 15 is 0 Å². The van der Waals surface area contributed by atoms with Gasteiger partial charge in [0.05, 0.1) is 10.6 Å². The van der Waals surface area contributed by atoms with Gasteiger partial charge in [0.15, 0.2) is 0 Å². The minimum absolute atomic E-state index is 0.0782. The number of anilines is 1. The van der Waals surface area contributed by atoms with Crippen LogP contribution < -0.4 is 9.62 Å². The summed E-state index contributed by atoms with van der Waals surface area (Å²) in [6.45, 7) is 7.47. The summed E-state index contributed by atoms with van der Waals surface area (Å²) in [4.78, 5) is 28.2. The Morgan fingerprint density at radius 1 is 0.895 bits per heavy atom. The lowest BCUT2D eigenvalue weighted by atomic mass is 10.1. The fourth-order valence-corrected chi connectivity index (χ4v) is 5.38. The maximum Gasteiger partial charge on any atom is 0.264 e. The number of sulfonamides is 1. The number of halogens is 1. The highest BCUT2D eigenvalue weighted by atomic mass is 35.5. The quantitative estimate of drug-likeness (QED) is 0.357. The summed E-state index contributed by atoms with van der Waals surface area (Å²) >= 11 is 6.03. The lowest BCUT2D eigenvalue weighted by Gasteiger charge is -2.32. The van der Waals surface area contributed by atoms with Crippen molar-refractivity contribution in [2.75, 3.05) is 17.4 Å². The van der Waals surface area contributed by atoms with Crippen LogP contribution >= 0.6 is 11.6 Å². The van der Waals surface area contributed by atoms with Gasteiger partial charge < -0.3 is 10.2 Å². The van der Waals surface area contributed by atoms with Gasteiger partial charge in [0, 0.05) is 18.1 Å². The third-order valence-corrected chi connectivity index (χ3v) is 8.23. The molecule has 38 heavy (non-hydrogen) atoms. The molecule has 1 N–H and O–H groups in total. The highest BCUT2D eigenvalue weighted by molar-refractivity contribution is 7.92. The molecule has 0 radical (unpaired) electrons. The Labute approximate surface area is 230 Å². The van der Waals surface area contributed by atoms with Crippen molar-refractivity contribution in [2.45, 2.75) is 51.6 Å². The molecule has 0 bridgehead atoms. The van der Waals surface area contributed by atoms with Crippen LogP contribution in [0.25, 0.3) is 0 Å². The molecule has 0 saturated heterocycles. The number of nitrogens with zero attached hydrogens (tertiary/aromatic N) is 2. The molecule has 3 aromatic rings. The molecule has 0 aliphatic carbocycles. The molecule has 0 aliphatic heterocycles. The van der Waals surface area contributed by atoms with Gasteiger partial charge in [-0.15, -0.1) is 0 Å². The minimum atomic E-state index is -4.08. The smallest absolute Gasteiger partial charge is 0.264 e. The number of hydrogen-bond acceptors (Lipinski definition) is 4. The molecule has 202 valence electrons. The van der Waals surface area contributed by atoms with Crippen LogP contribution in [-0.2, 0) is 26.2 Å². The minimum Gasteiger partial charge on any atom is -0.354 e. The van der Waals surface area contributed by atoms with Crippen LogP contribution in [0.4, 0.5) is 5.69 Å². The Hall–Kier alpha value is -3.36. The molecule has 2 amide bonds. The summed E-state index contributed by atoms with van der Waals surface area (Å²) in [6, 6.07) is 19.6. The normalized spacial score (nSPS) is 12.0. The zero-order chi connectivity index (χ0) is 27.9. The molecular weight excluding hydrogens is 522 g/mol. The summed E-state index contributed by atoms with van der Waals surface area (Å²) in [7, 11) is -4.08. The zero-order valence-electron chi connectivity index (χ0n) is 22.1. The number of aryl methyl sites for hydroxylation is 2. The van der Waals surface area contributed by atoms with Crippen molar-refractivity contribution in [3.05, 3.63) is 94.5 Å². The van der Waals surface area contributed by atoms with Crippen LogP contribution in [0.3, 0.4) is 0 Å². The number of hydrogen-bond donors (Lipinski definition) is 1. The second kappa shape index (κ2) is 12.9. The SMILES string of the molecule is CCCNC(=O)[C@@H](C)N(Cc1ccc(Cl)cc1)C(=O)CN(c1ccc(C)cc1)S(=O)(=O)c1ccc(C)cc1. The fraction of sp³-hybridized carbons (Fsp3) is 0.310. The predicted molar refractivity (Wildman–Crippen MR) is 152 cm³/mol. The first-order chi connectivity index (χ1) is 18.0. The highest BCUT2D eigenvalue weighted by Gasteiger charge is 2.32. The average molecular weight is 556 g/mol. The molecule has 0 saturated carbocycles. The van der Waals surface area contributed by atoms with E-state index in [9.17, 15) is 18.0 Å². The summed E-state index contributed by atoms with van der Waals surface area (Å²) in [6.07, 6.45) is 0.750. The van der Waals surface area contributed by atoms with Crippen LogP contribution in [0.1, 0.15) is 37.0 Å². The molecular formula is C29H34ClN3O4S. The van der Waals surface area contributed by atoms with Crippen LogP contribution in [0.15, 0.2) is 77.7 Å². The van der Waals surface area contributed by atoms with Gasteiger partial charge in [0.2, 0.25) is 11.8 Å². The highest BCUT2D eigenvalue weighted by Crippen LogP contribution is 2.25. The predicted octanol–water partition coefficient (Wildman–Crippen LogP) is 5.10. The van der Waals surface area contributed by atoms with E-state index in [0.717, 1.165) is 27.4 Å². The van der Waals surface area contributed by atoms with Gasteiger partial charge in [-0.25, -0.2) is 8.42 Å². The van der Waals surface area contributed by atoms with Gasteiger partial charge in [-0.3, -0.25) is 13.9 Å². The Bertz CT molecular complexity index is 1340. The fourth-order valence-electron chi connectivity index (χ4n) is 3.84. The van der Waals surface area contributed by atoms with Crippen molar-refractivity contribution in [1.82, 2.24) is 10.2 Å². The molecule has 9 heteroatoms. The molecule has 0 spiro atoms. The van der Waals surface area contributed by atoms with Crippen molar-refractivity contribution >= 4 is 39.1 Å². The number of nitrogens with one attached hydrogen (secondary N) is 1. The van der Waals surface area contributed by atoms with Crippen molar-refractivity contribution in [3.8, 4) is 0 Å². The summed E-state index contributed by atoms with van der Waals surface area (Å²) < 4.78 is 28.7. The number of carbonyl (C=O) groups excluding carboxylic acids is 2. The lowest BCUT2D eigenvalue weighted by molar-refractivity contribution is -0.139. The average Bonchev–Trinajstić information content (AvgIpc) is 2.90. The van der Waals surface area contributed by atoms with Crippen LogP contribution in [-0.4, -0.2) is 44.3 Å². The van der Waals surface area contributed by atoms with Crippen molar-refractivity contribution in [2.24, 2.45) is 0 Å². The van der Waals surface area contributed by atoms with Gasteiger partial charge in [-0.2, -0.15) is 0 Å². The Balaban J connectivity index is 2.00. The van der Waals surface area contributed by atoms with Gasteiger partial charge in [-0.1, -0.05) is 66.0 Å². The molecule has 0 aromatic heterocycles. The van der Waals surface area contributed by atoms with E-state index < -0.39 is 28.5 Å². The number of rotatable bonds is 11. The lowest BCUT2D eigenvalue weighted by Crippen LogP contribution is -2.51. The third-order valence-electron chi connectivity index (χ3n) is 6.19. The molecule has 0 aliphatic rings. The summed E-state index contributed by atoms with van der Waals surface area (Å²) in [5, 5.41) is 3.38. The van der Waals surface area contributed by atoms with Crippen molar-refractivity contribution in [3.63, 3.8) is 0 Å². The topological polar surface area (TPSA) is 86.8 Å². The van der Waals surface area contributed by atoms with Crippen LogP contribution in [0.5, 0.6) is 0 Å². The summed E-state index contributed by atoms with van der Waals surface area (Å²) in [5.74, 6) is -0.812. The van der Waals surface area contributed by atoms with E-state index in [1.54, 1.807) is 67.6 Å². The van der Waals surface area contributed by atoms with E-state index in [-0.39, 0.29) is 17.3 Å². The van der Waals surface area contributed by atoms with Crippen LogP contribution in [0, 0.1) is 13.8 Å². The zero-order valence-corrected chi connectivity index (χ0v) is 23.7.